The Labute approximate surface area is 100 Å². The van der Waals surface area contributed by atoms with Gasteiger partial charge >= 0.3 is 29.6 Å². The summed E-state index contributed by atoms with van der Waals surface area (Å²) in [5, 5.41) is 9.92. The van der Waals surface area contributed by atoms with E-state index >= 15 is 0 Å². The number of carboxylic acids is 1. The maximum Gasteiger partial charge on any atom is 1.00 e. The van der Waals surface area contributed by atoms with Gasteiger partial charge in [-0.25, -0.2) is 0 Å². The maximum absolute atomic E-state index is 9.95. The number of halogens is 1. The van der Waals surface area contributed by atoms with Gasteiger partial charge in [-0.3, -0.25) is 0 Å². The average Bonchev–Trinajstić information content (AvgIpc) is 1.97. The molecule has 0 heterocycles. The molecule has 0 aliphatic heterocycles. The number of unbranched alkanes of at least 4 members (excludes halogenated alkanes) is 1. The maximum atomic E-state index is 9.95. The van der Waals surface area contributed by atoms with Crippen LogP contribution in [0.4, 0.5) is 0 Å². The zero-order valence-electron chi connectivity index (χ0n) is 7.38. The van der Waals surface area contributed by atoms with Crippen molar-refractivity contribution in [2.75, 3.05) is 0 Å². The first-order valence-corrected chi connectivity index (χ1v) is 4.07. The van der Waals surface area contributed by atoms with Crippen LogP contribution in [0.1, 0.15) is 25.7 Å². The summed E-state index contributed by atoms with van der Waals surface area (Å²) in [6, 6.07) is 0. The van der Waals surface area contributed by atoms with Crippen LogP contribution < -0.4 is 34.7 Å². The molecule has 0 aromatic heterocycles. The summed E-state index contributed by atoms with van der Waals surface area (Å²) in [6.07, 6.45) is 4.02. The molecule has 1 unspecified atom stereocenters. The van der Waals surface area contributed by atoms with Crippen molar-refractivity contribution in [3.05, 3.63) is 12.7 Å². The van der Waals surface area contributed by atoms with Crippen molar-refractivity contribution < 1.29 is 39.5 Å². The van der Waals surface area contributed by atoms with E-state index in [0.29, 0.717) is 6.42 Å². The zero-order valence-corrected chi connectivity index (χ0v) is 10.1. The van der Waals surface area contributed by atoms with Crippen LogP contribution in [0, 0.1) is 0 Å². The number of carbonyl (C=O) groups is 1. The Kier molecular flexibility index (Phi) is 12.0. The van der Waals surface area contributed by atoms with E-state index in [0.717, 1.165) is 12.8 Å². The van der Waals surface area contributed by atoms with Crippen LogP contribution in [0.15, 0.2) is 12.7 Å². The quantitative estimate of drug-likeness (QED) is 0.216. The first kappa shape index (κ1) is 15.0. The standard InChI is InChI=1S/C8H13ClO2.Na/c1-2-7(9)5-3-4-6-8(10)11;/h2,7H,1,3-6H2,(H,10,11);/q;+1/p-1. The number of hydrogen-bond donors (Lipinski definition) is 0. The molecule has 0 saturated heterocycles. The number of alkyl halides is 1. The van der Waals surface area contributed by atoms with E-state index in [1.807, 2.05) is 0 Å². The van der Waals surface area contributed by atoms with Gasteiger partial charge in [0, 0.05) is 5.97 Å². The Morgan fingerprint density at radius 2 is 2.17 bits per heavy atom. The SMILES string of the molecule is C=CC(Cl)CCCCC(=O)[O-].[Na+]. The monoisotopic (exact) mass is 198 g/mol. The third-order valence-electron chi connectivity index (χ3n) is 1.37. The number of rotatable bonds is 6. The molecule has 0 aliphatic rings. The van der Waals surface area contributed by atoms with E-state index in [1.54, 1.807) is 6.08 Å². The second kappa shape index (κ2) is 9.59. The van der Waals surface area contributed by atoms with Crippen molar-refractivity contribution in [2.24, 2.45) is 0 Å². The number of aliphatic carboxylic acids is 1. The largest absolute Gasteiger partial charge is 1.00 e. The fraction of sp³-hybridized carbons (Fsp3) is 0.625. The van der Waals surface area contributed by atoms with Gasteiger partial charge < -0.3 is 9.90 Å². The summed E-state index contributed by atoms with van der Waals surface area (Å²) in [5.74, 6) is -0.991. The first-order valence-electron chi connectivity index (χ1n) is 3.63. The van der Waals surface area contributed by atoms with Gasteiger partial charge in [0.2, 0.25) is 0 Å². The molecular weight excluding hydrogens is 187 g/mol. The fourth-order valence-electron chi connectivity index (χ4n) is 0.727. The van der Waals surface area contributed by atoms with Crippen LogP contribution >= 0.6 is 11.6 Å². The topological polar surface area (TPSA) is 40.1 Å². The van der Waals surface area contributed by atoms with Gasteiger partial charge in [0.25, 0.3) is 0 Å². The average molecular weight is 199 g/mol. The summed E-state index contributed by atoms with van der Waals surface area (Å²) in [7, 11) is 0. The Bertz CT molecular complexity index is 139. The van der Waals surface area contributed by atoms with Gasteiger partial charge in [-0.1, -0.05) is 12.5 Å². The van der Waals surface area contributed by atoms with E-state index < -0.39 is 5.97 Å². The number of allylic oxidation sites excluding steroid dienone is 1. The van der Waals surface area contributed by atoms with Gasteiger partial charge in [-0.2, -0.15) is 0 Å². The smallest absolute Gasteiger partial charge is 0.550 e. The minimum atomic E-state index is -0.991. The van der Waals surface area contributed by atoms with Crippen molar-refractivity contribution in [2.45, 2.75) is 31.1 Å². The Morgan fingerprint density at radius 1 is 1.58 bits per heavy atom. The van der Waals surface area contributed by atoms with E-state index in [1.165, 1.54) is 0 Å². The van der Waals surface area contributed by atoms with Gasteiger partial charge in [0.15, 0.2) is 0 Å². The summed E-state index contributed by atoms with van der Waals surface area (Å²) in [5.41, 5.74) is 0. The first-order chi connectivity index (χ1) is 5.16. The van der Waals surface area contributed by atoms with Crippen molar-refractivity contribution in [3.63, 3.8) is 0 Å². The van der Waals surface area contributed by atoms with E-state index in [-0.39, 0.29) is 41.4 Å². The summed E-state index contributed by atoms with van der Waals surface area (Å²) in [6.45, 7) is 3.51. The molecule has 0 amide bonds. The van der Waals surface area contributed by atoms with Crippen molar-refractivity contribution in [1.82, 2.24) is 0 Å². The molecule has 64 valence electrons. The van der Waals surface area contributed by atoms with E-state index in [2.05, 4.69) is 6.58 Å². The van der Waals surface area contributed by atoms with Gasteiger partial charge in [0.1, 0.15) is 0 Å². The second-order valence-electron chi connectivity index (χ2n) is 2.37. The predicted molar refractivity (Wildman–Crippen MR) is 43.3 cm³/mol. The molecule has 0 radical (unpaired) electrons. The van der Waals surface area contributed by atoms with Crippen molar-refractivity contribution in [3.8, 4) is 0 Å². The molecule has 1 atom stereocenters. The van der Waals surface area contributed by atoms with Gasteiger partial charge in [-0.15, -0.1) is 18.2 Å². The van der Waals surface area contributed by atoms with Gasteiger partial charge in [-0.05, 0) is 19.3 Å². The Balaban J connectivity index is 0. The summed E-state index contributed by atoms with van der Waals surface area (Å²) in [4.78, 5) is 9.95. The third kappa shape index (κ3) is 10.5. The van der Waals surface area contributed by atoms with Crippen LogP contribution in [0.25, 0.3) is 0 Å². The summed E-state index contributed by atoms with van der Waals surface area (Å²) < 4.78 is 0. The van der Waals surface area contributed by atoms with Crippen LogP contribution in [0.2, 0.25) is 0 Å². The molecule has 2 nitrogen and oxygen atoms in total. The molecule has 0 fully saturated rings. The molecule has 0 spiro atoms. The fourth-order valence-corrected chi connectivity index (χ4v) is 0.881. The van der Waals surface area contributed by atoms with E-state index in [4.69, 9.17) is 11.6 Å². The zero-order chi connectivity index (χ0) is 8.69. The third-order valence-corrected chi connectivity index (χ3v) is 1.76. The molecule has 0 saturated carbocycles. The van der Waals surface area contributed by atoms with Crippen LogP contribution in [-0.2, 0) is 4.79 Å². The second-order valence-corrected chi connectivity index (χ2v) is 2.93. The molecule has 0 N–H and O–H groups in total. The minimum Gasteiger partial charge on any atom is -0.550 e. The molecule has 0 aliphatic carbocycles. The number of hydrogen-bond acceptors (Lipinski definition) is 2. The number of carbonyl (C=O) groups excluding carboxylic acids is 1. The normalized spacial score (nSPS) is 11.4. The van der Waals surface area contributed by atoms with E-state index in [9.17, 15) is 9.90 Å². The van der Waals surface area contributed by atoms with Gasteiger partial charge in [0.05, 0.1) is 5.38 Å². The van der Waals surface area contributed by atoms with Crippen molar-refractivity contribution in [1.29, 1.82) is 0 Å². The molecule has 0 aromatic rings. The molecule has 0 rings (SSSR count). The van der Waals surface area contributed by atoms with Crippen LogP contribution in [-0.4, -0.2) is 11.3 Å². The summed E-state index contributed by atoms with van der Waals surface area (Å²) >= 11 is 5.70. The predicted octanol–water partition coefficient (Wildman–Crippen LogP) is -1.91. The molecular formula is C8H12ClNaO2. The van der Waals surface area contributed by atoms with Crippen molar-refractivity contribution >= 4 is 17.6 Å². The Hall–Kier alpha value is 0.500. The molecule has 0 aromatic carbocycles. The Morgan fingerprint density at radius 3 is 2.58 bits per heavy atom. The molecule has 0 bridgehead atoms. The van der Waals surface area contributed by atoms with Crippen LogP contribution in [0.5, 0.6) is 0 Å². The minimum absolute atomic E-state index is 0. The number of carboxylic acid groups (broad SMARTS) is 1. The molecule has 4 heteroatoms. The van der Waals surface area contributed by atoms with Crippen LogP contribution in [0.3, 0.4) is 0 Å². The molecule has 12 heavy (non-hydrogen) atoms.